The minimum atomic E-state index is -1.44. The van der Waals surface area contributed by atoms with Gasteiger partial charge in [0.15, 0.2) is 0 Å². The predicted molar refractivity (Wildman–Crippen MR) is 114 cm³/mol. The SMILES string of the molecule is C[C@H](O)[C@@H]1N[C@]2(C(=O)Nc3c(Cl)cccc32)[C@@H]2C(=O)N(CCc3ccccc3)C(=O)[C@H]12. The van der Waals surface area contributed by atoms with Crippen molar-refractivity contribution in [3.63, 3.8) is 0 Å². The number of aliphatic hydroxyl groups excluding tert-OH is 1. The highest BCUT2D eigenvalue weighted by molar-refractivity contribution is 6.35. The van der Waals surface area contributed by atoms with Gasteiger partial charge in [0.1, 0.15) is 5.54 Å². The Hall–Kier alpha value is -2.74. The van der Waals surface area contributed by atoms with Crippen molar-refractivity contribution < 1.29 is 19.5 Å². The molecule has 2 fully saturated rings. The Kier molecular flexibility index (Phi) is 4.66. The summed E-state index contributed by atoms with van der Waals surface area (Å²) in [6, 6.07) is 14.0. The van der Waals surface area contributed by atoms with Crippen molar-refractivity contribution in [1.29, 1.82) is 0 Å². The Morgan fingerprint density at radius 1 is 1.10 bits per heavy atom. The van der Waals surface area contributed by atoms with Gasteiger partial charge in [-0.15, -0.1) is 0 Å². The molecule has 0 saturated carbocycles. The topological polar surface area (TPSA) is 98.7 Å². The van der Waals surface area contributed by atoms with E-state index in [1.54, 1.807) is 25.1 Å². The maximum absolute atomic E-state index is 13.6. The van der Waals surface area contributed by atoms with Crippen LogP contribution in [-0.2, 0) is 26.3 Å². The van der Waals surface area contributed by atoms with Crippen LogP contribution >= 0.6 is 11.6 Å². The highest BCUT2D eigenvalue weighted by atomic mass is 35.5. The van der Waals surface area contributed by atoms with E-state index in [-0.39, 0.29) is 12.5 Å². The van der Waals surface area contributed by atoms with Crippen LogP contribution < -0.4 is 10.6 Å². The molecule has 3 aliphatic heterocycles. The molecule has 2 aromatic carbocycles. The summed E-state index contributed by atoms with van der Waals surface area (Å²) in [7, 11) is 0. The van der Waals surface area contributed by atoms with Crippen molar-refractivity contribution in [2.45, 2.75) is 31.0 Å². The van der Waals surface area contributed by atoms with Crippen molar-refractivity contribution in [1.82, 2.24) is 10.2 Å². The molecule has 0 bridgehead atoms. The van der Waals surface area contributed by atoms with Crippen LogP contribution in [0, 0.1) is 11.8 Å². The number of benzene rings is 2. The molecule has 160 valence electrons. The fourth-order valence-electron chi connectivity index (χ4n) is 5.30. The molecule has 3 amide bonds. The smallest absolute Gasteiger partial charge is 0.250 e. The first kappa shape index (κ1) is 20.2. The summed E-state index contributed by atoms with van der Waals surface area (Å²) in [4.78, 5) is 41.4. The third-order valence-corrected chi connectivity index (χ3v) is 7.03. The van der Waals surface area contributed by atoms with Crippen molar-refractivity contribution in [3.05, 3.63) is 64.7 Å². The lowest BCUT2D eigenvalue weighted by Gasteiger charge is -2.30. The number of carbonyl (C=O) groups excluding carboxylic acids is 3. The molecule has 8 heteroatoms. The number of likely N-dealkylation sites (tertiary alicyclic amines) is 1. The highest BCUT2D eigenvalue weighted by Gasteiger charge is 2.71. The molecule has 3 aliphatic rings. The van der Waals surface area contributed by atoms with E-state index in [2.05, 4.69) is 10.6 Å². The number of hydrogen-bond acceptors (Lipinski definition) is 5. The maximum Gasteiger partial charge on any atom is 0.250 e. The lowest BCUT2D eigenvalue weighted by molar-refractivity contribution is -0.143. The van der Waals surface area contributed by atoms with E-state index >= 15 is 0 Å². The maximum atomic E-state index is 13.6. The molecular formula is C23H22ClN3O4. The molecule has 3 N–H and O–H groups in total. The minimum Gasteiger partial charge on any atom is -0.392 e. The van der Waals surface area contributed by atoms with Crippen molar-refractivity contribution in [2.75, 3.05) is 11.9 Å². The van der Waals surface area contributed by atoms with E-state index < -0.39 is 41.3 Å². The molecule has 2 aromatic rings. The van der Waals surface area contributed by atoms with Gasteiger partial charge in [-0.1, -0.05) is 54.1 Å². The fraction of sp³-hybridized carbons (Fsp3) is 0.348. The molecule has 0 aliphatic carbocycles. The van der Waals surface area contributed by atoms with Gasteiger partial charge in [-0.3, -0.25) is 24.6 Å². The van der Waals surface area contributed by atoms with Crippen LogP contribution in [0.2, 0.25) is 5.02 Å². The summed E-state index contributed by atoms with van der Waals surface area (Å²) in [5.41, 5.74) is 0.542. The molecule has 7 nitrogen and oxygen atoms in total. The van der Waals surface area contributed by atoms with E-state index in [4.69, 9.17) is 11.6 Å². The third-order valence-electron chi connectivity index (χ3n) is 6.71. The molecule has 5 rings (SSSR count). The zero-order valence-electron chi connectivity index (χ0n) is 16.8. The van der Waals surface area contributed by atoms with Crippen molar-refractivity contribution >= 4 is 35.0 Å². The van der Waals surface area contributed by atoms with Gasteiger partial charge in [0.05, 0.1) is 28.6 Å². The number of amides is 3. The average molecular weight is 440 g/mol. The normalized spacial score (nSPS) is 30.0. The largest absolute Gasteiger partial charge is 0.392 e. The molecule has 0 aromatic heterocycles. The Balaban J connectivity index is 1.56. The Bertz CT molecular complexity index is 1090. The minimum absolute atomic E-state index is 0.224. The quantitative estimate of drug-likeness (QED) is 0.630. The van der Waals surface area contributed by atoms with Gasteiger partial charge in [0.25, 0.3) is 0 Å². The van der Waals surface area contributed by atoms with Crippen molar-refractivity contribution in [3.8, 4) is 0 Å². The van der Waals surface area contributed by atoms with E-state index in [0.717, 1.165) is 5.56 Å². The second kappa shape index (κ2) is 7.15. The zero-order chi connectivity index (χ0) is 21.9. The average Bonchev–Trinajstić information content (AvgIpc) is 3.34. The molecule has 3 heterocycles. The number of carbonyl (C=O) groups is 3. The summed E-state index contributed by atoms with van der Waals surface area (Å²) < 4.78 is 0. The number of para-hydroxylation sites is 1. The van der Waals surface area contributed by atoms with E-state index in [0.29, 0.717) is 22.7 Å². The van der Waals surface area contributed by atoms with Crippen LogP contribution in [0.15, 0.2) is 48.5 Å². The molecule has 0 radical (unpaired) electrons. The van der Waals surface area contributed by atoms with Gasteiger partial charge < -0.3 is 10.4 Å². The van der Waals surface area contributed by atoms with Crippen LogP contribution in [0.3, 0.4) is 0 Å². The molecule has 0 unspecified atom stereocenters. The highest BCUT2D eigenvalue weighted by Crippen LogP contribution is 2.54. The van der Waals surface area contributed by atoms with Crippen LogP contribution in [0.25, 0.3) is 0 Å². The van der Waals surface area contributed by atoms with Gasteiger partial charge in [-0.05, 0) is 25.0 Å². The van der Waals surface area contributed by atoms with Crippen LogP contribution in [0.1, 0.15) is 18.1 Å². The number of nitrogens with zero attached hydrogens (tertiary/aromatic N) is 1. The predicted octanol–water partition coefficient (Wildman–Crippen LogP) is 1.68. The van der Waals surface area contributed by atoms with Gasteiger partial charge in [0, 0.05) is 18.2 Å². The summed E-state index contributed by atoms with van der Waals surface area (Å²) in [6.07, 6.45) is -0.416. The molecule has 2 saturated heterocycles. The van der Waals surface area contributed by atoms with E-state index in [1.165, 1.54) is 4.90 Å². The number of imide groups is 1. The van der Waals surface area contributed by atoms with Crippen LogP contribution in [-0.4, -0.2) is 46.4 Å². The number of anilines is 1. The Morgan fingerprint density at radius 2 is 1.84 bits per heavy atom. The first-order valence-electron chi connectivity index (χ1n) is 10.3. The third kappa shape index (κ3) is 2.77. The lowest BCUT2D eigenvalue weighted by Crippen LogP contribution is -2.54. The molecular weight excluding hydrogens is 418 g/mol. The fourth-order valence-corrected chi connectivity index (χ4v) is 5.53. The van der Waals surface area contributed by atoms with E-state index in [9.17, 15) is 19.5 Å². The number of halogens is 1. The molecule has 1 spiro atoms. The van der Waals surface area contributed by atoms with Gasteiger partial charge >= 0.3 is 0 Å². The number of aliphatic hydroxyl groups is 1. The Morgan fingerprint density at radius 3 is 2.55 bits per heavy atom. The van der Waals surface area contributed by atoms with Gasteiger partial charge in [-0.25, -0.2) is 0 Å². The first-order valence-corrected chi connectivity index (χ1v) is 10.7. The molecule has 31 heavy (non-hydrogen) atoms. The standard InChI is InChI=1S/C23H22ClN3O4/c1-12(28)18-16-17(21(30)27(20(16)29)11-10-13-6-3-2-4-7-13)23(26-18)14-8-5-9-15(24)19(14)25-22(23)31/h2-9,12,16-18,26,28H,10-11H2,1H3,(H,25,31)/t12-,16-,17-,18-,23-/m0/s1. The number of nitrogens with one attached hydrogen (secondary N) is 2. The Labute approximate surface area is 184 Å². The zero-order valence-corrected chi connectivity index (χ0v) is 17.6. The van der Waals surface area contributed by atoms with Crippen molar-refractivity contribution in [2.24, 2.45) is 11.8 Å². The lowest BCUT2D eigenvalue weighted by atomic mass is 9.76. The van der Waals surface area contributed by atoms with Gasteiger partial charge in [-0.2, -0.15) is 0 Å². The monoisotopic (exact) mass is 439 g/mol. The number of fused-ring (bicyclic) bond motifs is 4. The second-order valence-corrected chi connectivity index (χ2v) is 8.81. The number of rotatable bonds is 4. The van der Waals surface area contributed by atoms with E-state index in [1.807, 2.05) is 30.3 Å². The van der Waals surface area contributed by atoms with Gasteiger partial charge in [0.2, 0.25) is 17.7 Å². The van der Waals surface area contributed by atoms with Crippen LogP contribution in [0.4, 0.5) is 5.69 Å². The summed E-state index contributed by atoms with van der Waals surface area (Å²) in [6.45, 7) is 1.78. The first-order chi connectivity index (χ1) is 14.9. The summed E-state index contributed by atoms with van der Waals surface area (Å²) in [5.74, 6) is -2.97. The summed E-state index contributed by atoms with van der Waals surface area (Å²) >= 11 is 6.30. The van der Waals surface area contributed by atoms with Crippen LogP contribution in [0.5, 0.6) is 0 Å². The number of hydrogen-bond donors (Lipinski definition) is 3. The second-order valence-electron chi connectivity index (χ2n) is 8.40. The molecule has 5 atom stereocenters. The summed E-state index contributed by atoms with van der Waals surface area (Å²) in [5, 5.41) is 16.7.